The second kappa shape index (κ2) is 11.5. The lowest BCUT2D eigenvalue weighted by Crippen LogP contribution is -2.44. The van der Waals surface area contributed by atoms with E-state index in [9.17, 15) is 0 Å². The lowest BCUT2D eigenvalue weighted by Gasteiger charge is -2.34. The highest BCUT2D eigenvalue weighted by atomic mass is 16.7. The molecular weight excluding hydrogens is 372 g/mol. The zero-order valence-electron chi connectivity index (χ0n) is 19.1. The number of likely N-dealkylation sites (N-methyl/N-ethyl adjacent to an activating group) is 1. The van der Waals surface area contributed by atoms with Gasteiger partial charge in [-0.25, -0.2) is 0 Å². The third-order valence-electron chi connectivity index (χ3n) is 6.11. The highest BCUT2D eigenvalue weighted by molar-refractivity contribution is 5.48. The van der Waals surface area contributed by atoms with Crippen LogP contribution in [0.2, 0.25) is 0 Å². The van der Waals surface area contributed by atoms with E-state index in [1.165, 1.54) is 29.7 Å². The maximum atomic E-state index is 6.15. The largest absolute Gasteiger partial charge is 0.369 e. The minimum atomic E-state index is -0.335. The Morgan fingerprint density at radius 3 is 2.13 bits per heavy atom. The van der Waals surface area contributed by atoms with Crippen LogP contribution in [0.1, 0.15) is 55.6 Å². The average Bonchev–Trinajstić information content (AvgIpc) is 2.79. The maximum Gasteiger partial charge on any atom is 0.183 e. The van der Waals surface area contributed by atoms with E-state index in [2.05, 4.69) is 79.2 Å². The van der Waals surface area contributed by atoms with Crippen LogP contribution in [0.4, 0.5) is 5.69 Å². The second-order valence-electron chi connectivity index (χ2n) is 8.53. The van der Waals surface area contributed by atoms with E-state index < -0.39 is 0 Å². The number of unbranched alkanes of at least 4 members (excludes halogenated alkanes) is 1. The van der Waals surface area contributed by atoms with Gasteiger partial charge in [0.15, 0.2) is 6.29 Å². The van der Waals surface area contributed by atoms with Crippen LogP contribution in [0.3, 0.4) is 0 Å². The van der Waals surface area contributed by atoms with Gasteiger partial charge < -0.3 is 19.3 Å². The molecule has 0 aliphatic carbocycles. The van der Waals surface area contributed by atoms with Gasteiger partial charge in [-0.15, -0.1) is 0 Å². The molecule has 4 heteroatoms. The number of anilines is 1. The second-order valence-corrected chi connectivity index (χ2v) is 8.53. The first-order valence-corrected chi connectivity index (χ1v) is 11.4. The van der Waals surface area contributed by atoms with Crippen LogP contribution in [0, 0.1) is 0 Å². The van der Waals surface area contributed by atoms with Gasteiger partial charge in [-0.2, -0.15) is 0 Å². The van der Waals surface area contributed by atoms with Gasteiger partial charge in [0.05, 0.1) is 6.61 Å². The summed E-state index contributed by atoms with van der Waals surface area (Å²) in [6.07, 6.45) is 3.32. The third-order valence-corrected chi connectivity index (χ3v) is 6.11. The van der Waals surface area contributed by atoms with Gasteiger partial charge in [0.25, 0.3) is 0 Å². The summed E-state index contributed by atoms with van der Waals surface area (Å²) >= 11 is 0. The standard InChI is InChI=1S/C26H38N2O2/c1-5-6-7-22-8-10-23(11-9-22)21(2)20-30-26(29-4)24-12-14-25(15-13-24)28-18-16-27(3)17-19-28/h8-15,21,26H,5-7,16-20H2,1-4H3. The van der Waals surface area contributed by atoms with Gasteiger partial charge in [0, 0.05) is 50.5 Å². The van der Waals surface area contributed by atoms with Crippen LogP contribution in [-0.2, 0) is 15.9 Å². The van der Waals surface area contributed by atoms with Crippen LogP contribution in [-0.4, -0.2) is 51.8 Å². The molecule has 1 saturated heterocycles. The zero-order chi connectivity index (χ0) is 21.3. The fourth-order valence-electron chi connectivity index (χ4n) is 3.93. The monoisotopic (exact) mass is 410 g/mol. The van der Waals surface area contributed by atoms with Gasteiger partial charge in [0.1, 0.15) is 0 Å². The quantitative estimate of drug-likeness (QED) is 0.500. The number of nitrogens with zero attached hydrogens (tertiary/aromatic N) is 2. The third kappa shape index (κ3) is 6.31. The molecule has 2 unspecified atom stereocenters. The molecule has 4 nitrogen and oxygen atoms in total. The van der Waals surface area contributed by atoms with Crippen molar-refractivity contribution in [2.75, 3.05) is 51.8 Å². The van der Waals surface area contributed by atoms with Crippen LogP contribution in [0.15, 0.2) is 48.5 Å². The number of methoxy groups -OCH3 is 1. The first kappa shape index (κ1) is 22.8. The molecule has 0 amide bonds. The minimum Gasteiger partial charge on any atom is -0.369 e. The molecule has 0 N–H and O–H groups in total. The Labute approximate surface area is 182 Å². The summed E-state index contributed by atoms with van der Waals surface area (Å²) in [6.45, 7) is 9.47. The van der Waals surface area contributed by atoms with Crippen molar-refractivity contribution in [3.63, 3.8) is 0 Å². The topological polar surface area (TPSA) is 24.9 Å². The van der Waals surface area contributed by atoms with E-state index in [1.807, 2.05) is 0 Å². The highest BCUT2D eigenvalue weighted by Crippen LogP contribution is 2.25. The lowest BCUT2D eigenvalue weighted by atomic mass is 9.99. The van der Waals surface area contributed by atoms with Crippen LogP contribution in [0.5, 0.6) is 0 Å². The first-order chi connectivity index (χ1) is 14.6. The molecule has 2 aromatic rings. The van der Waals surface area contributed by atoms with E-state index in [4.69, 9.17) is 9.47 Å². The fraction of sp³-hybridized carbons (Fsp3) is 0.538. The average molecular weight is 411 g/mol. The molecule has 1 aliphatic rings. The summed E-state index contributed by atoms with van der Waals surface area (Å²) in [5, 5.41) is 0. The van der Waals surface area contributed by atoms with Gasteiger partial charge in [-0.05, 0) is 43.1 Å². The molecule has 2 aromatic carbocycles. The lowest BCUT2D eigenvalue weighted by molar-refractivity contribution is -0.130. The van der Waals surface area contributed by atoms with Crippen molar-refractivity contribution in [3.8, 4) is 0 Å². The molecule has 3 rings (SSSR count). The van der Waals surface area contributed by atoms with Gasteiger partial charge >= 0.3 is 0 Å². The van der Waals surface area contributed by atoms with E-state index in [0.29, 0.717) is 12.5 Å². The van der Waals surface area contributed by atoms with Gasteiger partial charge in [0.2, 0.25) is 0 Å². The first-order valence-electron chi connectivity index (χ1n) is 11.4. The van der Waals surface area contributed by atoms with Crippen LogP contribution < -0.4 is 4.90 Å². The molecule has 0 aromatic heterocycles. The summed E-state index contributed by atoms with van der Waals surface area (Å²) in [4.78, 5) is 4.82. The summed E-state index contributed by atoms with van der Waals surface area (Å²) in [6, 6.07) is 17.6. The summed E-state index contributed by atoms with van der Waals surface area (Å²) < 4.78 is 11.8. The predicted octanol–water partition coefficient (Wildman–Crippen LogP) is 5.25. The van der Waals surface area contributed by atoms with Gasteiger partial charge in [-0.3, -0.25) is 0 Å². The minimum absolute atomic E-state index is 0.326. The summed E-state index contributed by atoms with van der Waals surface area (Å²) in [5.74, 6) is 0.326. The molecule has 164 valence electrons. The molecule has 1 fully saturated rings. The Bertz CT molecular complexity index is 737. The van der Waals surface area contributed by atoms with E-state index in [0.717, 1.165) is 38.2 Å². The van der Waals surface area contributed by atoms with E-state index >= 15 is 0 Å². The Kier molecular flexibility index (Phi) is 8.74. The highest BCUT2D eigenvalue weighted by Gasteiger charge is 2.17. The molecule has 2 atom stereocenters. The van der Waals surface area contributed by atoms with Crippen molar-refractivity contribution in [1.82, 2.24) is 4.90 Å². The van der Waals surface area contributed by atoms with Crippen molar-refractivity contribution in [2.24, 2.45) is 0 Å². The Morgan fingerprint density at radius 2 is 1.53 bits per heavy atom. The smallest absolute Gasteiger partial charge is 0.183 e. The molecular formula is C26H38N2O2. The number of ether oxygens (including phenoxy) is 2. The number of aryl methyl sites for hydroxylation is 1. The number of benzene rings is 2. The van der Waals surface area contributed by atoms with E-state index in [1.54, 1.807) is 7.11 Å². The number of rotatable bonds is 10. The van der Waals surface area contributed by atoms with Crippen LogP contribution in [0.25, 0.3) is 0 Å². The van der Waals surface area contributed by atoms with Crippen molar-refractivity contribution in [2.45, 2.75) is 45.3 Å². The molecule has 1 heterocycles. The SMILES string of the molecule is CCCCc1ccc(C(C)COC(OC)c2ccc(N3CCN(C)CC3)cc2)cc1. The van der Waals surface area contributed by atoms with Crippen molar-refractivity contribution >= 4 is 5.69 Å². The molecule has 30 heavy (non-hydrogen) atoms. The summed E-state index contributed by atoms with van der Waals surface area (Å²) in [5.41, 5.74) is 5.08. The van der Waals surface area contributed by atoms with Gasteiger partial charge in [-0.1, -0.05) is 56.7 Å². The Balaban J connectivity index is 1.53. The fourth-order valence-corrected chi connectivity index (χ4v) is 3.93. The molecule has 0 spiro atoms. The van der Waals surface area contributed by atoms with Crippen LogP contribution >= 0.6 is 0 Å². The summed E-state index contributed by atoms with van der Waals surface area (Å²) in [7, 11) is 3.90. The molecule has 0 radical (unpaired) electrons. The molecule has 1 aliphatic heterocycles. The van der Waals surface area contributed by atoms with Crippen molar-refractivity contribution in [3.05, 3.63) is 65.2 Å². The van der Waals surface area contributed by atoms with Crippen molar-refractivity contribution in [1.29, 1.82) is 0 Å². The Morgan fingerprint density at radius 1 is 0.900 bits per heavy atom. The van der Waals surface area contributed by atoms with E-state index in [-0.39, 0.29) is 6.29 Å². The normalized spacial score (nSPS) is 17.1. The number of hydrogen-bond donors (Lipinski definition) is 0. The predicted molar refractivity (Wildman–Crippen MR) is 125 cm³/mol. The molecule has 0 bridgehead atoms. The van der Waals surface area contributed by atoms with Crippen molar-refractivity contribution < 1.29 is 9.47 Å². The zero-order valence-corrected chi connectivity index (χ0v) is 19.1. The Hall–Kier alpha value is -1.88. The maximum absolute atomic E-state index is 6.15. The molecule has 0 saturated carbocycles. The number of hydrogen-bond acceptors (Lipinski definition) is 4. The number of piperazine rings is 1.